The Bertz CT molecular complexity index is 488. The van der Waals surface area contributed by atoms with E-state index in [-0.39, 0.29) is 0 Å². The molecule has 2 aromatic carbocycles. The number of hydrogen-bond donors (Lipinski definition) is 0. The minimum absolute atomic E-state index is 1.02. The van der Waals surface area contributed by atoms with E-state index in [9.17, 15) is 0 Å². The zero-order valence-electron chi connectivity index (χ0n) is 9.89. The van der Waals surface area contributed by atoms with E-state index < -0.39 is 0 Å². The lowest BCUT2D eigenvalue weighted by molar-refractivity contribution is 0.275. The third-order valence-corrected chi connectivity index (χ3v) is 3.34. The van der Waals surface area contributed by atoms with Crippen molar-refractivity contribution < 1.29 is 0 Å². The molecule has 1 nitrogen and oxygen atoms in total. The van der Waals surface area contributed by atoms with Crippen LogP contribution in [0.15, 0.2) is 48.5 Å². The summed E-state index contributed by atoms with van der Waals surface area (Å²) in [6, 6.07) is 17.2. The van der Waals surface area contributed by atoms with Crippen molar-refractivity contribution in [3.8, 4) is 0 Å². The molecule has 1 radical (unpaired) electrons. The second-order valence-corrected chi connectivity index (χ2v) is 4.73. The molecule has 0 aliphatic carbocycles. The average Bonchev–Trinajstić information content (AvgIpc) is 2.74. The molecule has 17 heavy (non-hydrogen) atoms. The number of rotatable bonds is 2. The molecular weight excluding hydrogens is 206 g/mol. The van der Waals surface area contributed by atoms with Gasteiger partial charge in [-0.1, -0.05) is 48.5 Å². The topological polar surface area (TPSA) is 3.24 Å². The summed E-state index contributed by atoms with van der Waals surface area (Å²) in [6.07, 6.45) is 0. The summed E-state index contributed by atoms with van der Waals surface area (Å²) in [5.41, 5.74) is 5.39. The third-order valence-electron chi connectivity index (χ3n) is 3.34. The standard InChI is InChI=1S/C16H16N/c1-13-6-8-14(9-7-13)10-17-11-15-4-2-3-5-16(15)12-17/h2-9H,1,10-12H2. The van der Waals surface area contributed by atoms with Crippen LogP contribution in [-0.4, -0.2) is 4.90 Å². The summed E-state index contributed by atoms with van der Waals surface area (Å²) in [7, 11) is 0. The molecule has 1 heterocycles. The molecule has 85 valence electrons. The van der Waals surface area contributed by atoms with Gasteiger partial charge in [-0.15, -0.1) is 0 Å². The van der Waals surface area contributed by atoms with Crippen molar-refractivity contribution in [1.29, 1.82) is 0 Å². The first-order chi connectivity index (χ1) is 8.31. The molecule has 3 rings (SSSR count). The lowest BCUT2D eigenvalue weighted by Gasteiger charge is -2.14. The normalized spacial score (nSPS) is 14.9. The van der Waals surface area contributed by atoms with Crippen LogP contribution >= 0.6 is 0 Å². The van der Waals surface area contributed by atoms with E-state index in [1.807, 2.05) is 0 Å². The van der Waals surface area contributed by atoms with Gasteiger partial charge in [-0.25, -0.2) is 0 Å². The molecule has 1 aliphatic heterocycles. The molecule has 0 N–H and O–H groups in total. The van der Waals surface area contributed by atoms with Crippen LogP contribution in [0.4, 0.5) is 0 Å². The van der Waals surface area contributed by atoms with Crippen molar-refractivity contribution in [3.63, 3.8) is 0 Å². The first-order valence-electron chi connectivity index (χ1n) is 6.01. The monoisotopic (exact) mass is 222 g/mol. The van der Waals surface area contributed by atoms with Crippen molar-refractivity contribution >= 4 is 0 Å². The van der Waals surface area contributed by atoms with E-state index in [0.29, 0.717) is 0 Å². The average molecular weight is 222 g/mol. The van der Waals surface area contributed by atoms with Gasteiger partial charge in [0.2, 0.25) is 0 Å². The summed E-state index contributed by atoms with van der Waals surface area (Å²) in [5, 5.41) is 0. The maximum atomic E-state index is 3.91. The van der Waals surface area contributed by atoms with Gasteiger partial charge in [0.25, 0.3) is 0 Å². The predicted octanol–water partition coefficient (Wildman–Crippen LogP) is 3.38. The van der Waals surface area contributed by atoms with Crippen LogP contribution in [0.25, 0.3) is 0 Å². The lowest BCUT2D eigenvalue weighted by Crippen LogP contribution is -2.15. The first-order valence-corrected chi connectivity index (χ1v) is 6.01. The Morgan fingerprint density at radius 1 is 0.882 bits per heavy atom. The van der Waals surface area contributed by atoms with Crippen molar-refractivity contribution in [1.82, 2.24) is 4.90 Å². The zero-order valence-corrected chi connectivity index (χ0v) is 9.89. The number of hydrogen-bond acceptors (Lipinski definition) is 1. The molecular formula is C16H16N. The van der Waals surface area contributed by atoms with Crippen LogP contribution in [0.5, 0.6) is 0 Å². The molecule has 0 amide bonds. The molecule has 0 aromatic heterocycles. The second kappa shape index (κ2) is 4.34. The van der Waals surface area contributed by atoms with Gasteiger partial charge in [0.05, 0.1) is 0 Å². The van der Waals surface area contributed by atoms with E-state index in [1.54, 1.807) is 0 Å². The Morgan fingerprint density at radius 2 is 1.47 bits per heavy atom. The van der Waals surface area contributed by atoms with E-state index in [0.717, 1.165) is 25.2 Å². The molecule has 0 unspecified atom stereocenters. The highest BCUT2D eigenvalue weighted by atomic mass is 15.1. The first kappa shape index (κ1) is 10.5. The second-order valence-electron chi connectivity index (χ2n) is 4.73. The van der Waals surface area contributed by atoms with Crippen molar-refractivity contribution in [2.24, 2.45) is 0 Å². The summed E-state index contributed by atoms with van der Waals surface area (Å²) < 4.78 is 0. The molecule has 0 bridgehead atoms. The molecule has 0 saturated heterocycles. The van der Waals surface area contributed by atoms with E-state index >= 15 is 0 Å². The van der Waals surface area contributed by atoms with Gasteiger partial charge in [0.1, 0.15) is 0 Å². The fourth-order valence-corrected chi connectivity index (χ4v) is 2.42. The van der Waals surface area contributed by atoms with E-state index in [1.165, 1.54) is 16.7 Å². The Morgan fingerprint density at radius 3 is 2.06 bits per heavy atom. The van der Waals surface area contributed by atoms with Crippen LogP contribution < -0.4 is 0 Å². The number of fused-ring (bicyclic) bond motifs is 1. The predicted molar refractivity (Wildman–Crippen MR) is 70.3 cm³/mol. The maximum Gasteiger partial charge on any atom is 0.0244 e. The van der Waals surface area contributed by atoms with Gasteiger partial charge in [0.15, 0.2) is 0 Å². The molecule has 2 aromatic rings. The van der Waals surface area contributed by atoms with Crippen LogP contribution in [0.1, 0.15) is 22.3 Å². The number of nitrogens with zero attached hydrogens (tertiary/aromatic N) is 1. The molecule has 1 heteroatoms. The molecule has 0 spiro atoms. The van der Waals surface area contributed by atoms with E-state index in [2.05, 4.69) is 60.4 Å². The third kappa shape index (κ3) is 2.25. The van der Waals surface area contributed by atoms with Gasteiger partial charge < -0.3 is 0 Å². The summed E-state index contributed by atoms with van der Waals surface area (Å²) in [6.45, 7) is 7.08. The van der Waals surface area contributed by atoms with Crippen LogP contribution in [-0.2, 0) is 19.6 Å². The van der Waals surface area contributed by atoms with Crippen molar-refractivity contribution in [3.05, 3.63) is 77.7 Å². The summed E-state index contributed by atoms with van der Waals surface area (Å²) in [5.74, 6) is 0. The minimum Gasteiger partial charge on any atom is -0.291 e. The number of benzene rings is 2. The Labute approximate surface area is 103 Å². The SMILES string of the molecule is [CH2]c1ccc(CN2Cc3ccccc3C2)cc1. The van der Waals surface area contributed by atoms with Gasteiger partial charge >= 0.3 is 0 Å². The highest BCUT2D eigenvalue weighted by molar-refractivity contribution is 5.31. The quantitative estimate of drug-likeness (QED) is 0.753. The molecule has 1 aliphatic rings. The largest absolute Gasteiger partial charge is 0.291 e. The Kier molecular flexibility index (Phi) is 2.69. The molecule has 0 atom stereocenters. The van der Waals surface area contributed by atoms with Crippen molar-refractivity contribution in [2.45, 2.75) is 19.6 Å². The fraction of sp³-hybridized carbons (Fsp3) is 0.188. The lowest BCUT2D eigenvalue weighted by atomic mass is 10.1. The van der Waals surface area contributed by atoms with Crippen LogP contribution in [0, 0.1) is 6.92 Å². The van der Waals surface area contributed by atoms with Crippen molar-refractivity contribution in [2.75, 3.05) is 0 Å². The van der Waals surface area contributed by atoms with Crippen LogP contribution in [0.3, 0.4) is 0 Å². The van der Waals surface area contributed by atoms with Gasteiger partial charge in [-0.3, -0.25) is 4.90 Å². The van der Waals surface area contributed by atoms with Gasteiger partial charge in [0, 0.05) is 19.6 Å². The highest BCUT2D eigenvalue weighted by Crippen LogP contribution is 2.23. The van der Waals surface area contributed by atoms with Gasteiger partial charge in [-0.05, 0) is 29.2 Å². The van der Waals surface area contributed by atoms with Crippen LogP contribution in [0.2, 0.25) is 0 Å². The Balaban J connectivity index is 1.71. The highest BCUT2D eigenvalue weighted by Gasteiger charge is 2.17. The van der Waals surface area contributed by atoms with Gasteiger partial charge in [-0.2, -0.15) is 0 Å². The minimum atomic E-state index is 1.02. The Hall–Kier alpha value is -1.60. The molecule has 0 saturated carbocycles. The smallest absolute Gasteiger partial charge is 0.0244 e. The zero-order chi connectivity index (χ0) is 11.7. The summed E-state index contributed by atoms with van der Waals surface area (Å²) >= 11 is 0. The maximum absolute atomic E-state index is 3.91. The summed E-state index contributed by atoms with van der Waals surface area (Å²) in [4.78, 5) is 2.47. The molecule has 0 fully saturated rings. The fourth-order valence-electron chi connectivity index (χ4n) is 2.42. The van der Waals surface area contributed by atoms with E-state index in [4.69, 9.17) is 0 Å².